The second-order valence-electron chi connectivity index (χ2n) is 7.35. The van der Waals surface area contributed by atoms with E-state index in [0.29, 0.717) is 13.0 Å². The molecule has 1 saturated heterocycles. The second-order valence-corrected chi connectivity index (χ2v) is 7.35. The van der Waals surface area contributed by atoms with Crippen LogP contribution in [0.2, 0.25) is 0 Å². The quantitative estimate of drug-likeness (QED) is 0.822. The van der Waals surface area contributed by atoms with E-state index in [0.717, 1.165) is 54.4 Å². The standard InChI is InChI=1S/C22H26F2N2O2/c1-15-3-4-16(12-21(15)28-2)13-22(27)25-18-7-9-26(10-8-18)14-17-5-6-19(23)20(24)11-17/h3-6,11-12,18H,7-10,13-14H2,1-2H3,(H,25,27). The number of rotatable bonds is 6. The van der Waals surface area contributed by atoms with Crippen molar-refractivity contribution in [1.29, 1.82) is 0 Å². The highest BCUT2D eigenvalue weighted by atomic mass is 19.2. The number of nitrogens with one attached hydrogen (secondary N) is 1. The molecule has 1 amide bonds. The number of carbonyl (C=O) groups excluding carboxylic acids is 1. The molecule has 0 spiro atoms. The summed E-state index contributed by atoms with van der Waals surface area (Å²) in [6.07, 6.45) is 2.00. The summed E-state index contributed by atoms with van der Waals surface area (Å²) in [4.78, 5) is 14.6. The summed E-state index contributed by atoms with van der Waals surface area (Å²) in [6, 6.07) is 9.97. The van der Waals surface area contributed by atoms with E-state index in [1.54, 1.807) is 13.2 Å². The molecule has 1 fully saturated rings. The molecule has 150 valence electrons. The van der Waals surface area contributed by atoms with E-state index in [-0.39, 0.29) is 11.9 Å². The van der Waals surface area contributed by atoms with E-state index >= 15 is 0 Å². The number of piperidine rings is 1. The van der Waals surface area contributed by atoms with Crippen LogP contribution in [0.25, 0.3) is 0 Å². The van der Waals surface area contributed by atoms with Gasteiger partial charge in [0.1, 0.15) is 5.75 Å². The highest BCUT2D eigenvalue weighted by molar-refractivity contribution is 5.79. The van der Waals surface area contributed by atoms with Crippen LogP contribution in [-0.4, -0.2) is 37.0 Å². The predicted molar refractivity (Wildman–Crippen MR) is 104 cm³/mol. The number of methoxy groups -OCH3 is 1. The lowest BCUT2D eigenvalue weighted by molar-refractivity contribution is -0.121. The fraction of sp³-hybridized carbons (Fsp3) is 0.409. The minimum absolute atomic E-state index is 0.00459. The minimum atomic E-state index is -0.823. The van der Waals surface area contributed by atoms with Gasteiger partial charge in [0.25, 0.3) is 0 Å². The number of benzene rings is 2. The van der Waals surface area contributed by atoms with Crippen molar-refractivity contribution >= 4 is 5.91 Å². The zero-order valence-corrected chi connectivity index (χ0v) is 16.3. The first kappa shape index (κ1) is 20.3. The first-order valence-electron chi connectivity index (χ1n) is 9.54. The predicted octanol–water partition coefficient (Wildman–Crippen LogP) is 3.61. The van der Waals surface area contributed by atoms with Crippen molar-refractivity contribution in [1.82, 2.24) is 10.2 Å². The highest BCUT2D eigenvalue weighted by Gasteiger charge is 2.21. The van der Waals surface area contributed by atoms with E-state index in [2.05, 4.69) is 10.2 Å². The number of amides is 1. The van der Waals surface area contributed by atoms with Gasteiger partial charge in [0, 0.05) is 25.7 Å². The maximum absolute atomic E-state index is 13.3. The average Bonchev–Trinajstić information content (AvgIpc) is 2.68. The molecule has 0 aromatic heterocycles. The lowest BCUT2D eigenvalue weighted by Gasteiger charge is -2.32. The third kappa shape index (κ3) is 5.29. The van der Waals surface area contributed by atoms with Gasteiger partial charge in [0.2, 0.25) is 5.91 Å². The molecule has 0 unspecified atom stereocenters. The number of likely N-dealkylation sites (tertiary alicyclic amines) is 1. The first-order valence-corrected chi connectivity index (χ1v) is 9.54. The number of nitrogens with zero attached hydrogens (tertiary/aromatic N) is 1. The van der Waals surface area contributed by atoms with Crippen LogP contribution in [0.3, 0.4) is 0 Å². The topological polar surface area (TPSA) is 41.6 Å². The maximum atomic E-state index is 13.3. The Bertz CT molecular complexity index is 833. The summed E-state index contributed by atoms with van der Waals surface area (Å²) in [5.74, 6) is -0.843. The fourth-order valence-corrected chi connectivity index (χ4v) is 3.57. The molecular weight excluding hydrogens is 362 g/mol. The van der Waals surface area contributed by atoms with Crippen LogP contribution in [0.4, 0.5) is 8.78 Å². The van der Waals surface area contributed by atoms with Crippen LogP contribution in [0.1, 0.15) is 29.5 Å². The summed E-state index contributed by atoms with van der Waals surface area (Å²) in [7, 11) is 1.63. The molecule has 2 aromatic rings. The smallest absolute Gasteiger partial charge is 0.224 e. The number of halogens is 2. The maximum Gasteiger partial charge on any atom is 0.224 e. The Balaban J connectivity index is 1.46. The van der Waals surface area contributed by atoms with Crippen molar-refractivity contribution in [2.24, 2.45) is 0 Å². The van der Waals surface area contributed by atoms with Crippen molar-refractivity contribution in [2.75, 3.05) is 20.2 Å². The summed E-state index contributed by atoms with van der Waals surface area (Å²) in [6.45, 7) is 4.17. The van der Waals surface area contributed by atoms with Crippen LogP contribution in [-0.2, 0) is 17.8 Å². The number of ether oxygens (including phenoxy) is 1. The monoisotopic (exact) mass is 388 g/mol. The Morgan fingerprint density at radius 3 is 2.50 bits per heavy atom. The Hall–Kier alpha value is -2.47. The molecule has 1 heterocycles. The van der Waals surface area contributed by atoms with Crippen molar-refractivity contribution < 1.29 is 18.3 Å². The van der Waals surface area contributed by atoms with Gasteiger partial charge < -0.3 is 10.1 Å². The molecule has 0 saturated carbocycles. The van der Waals surface area contributed by atoms with Crippen LogP contribution in [0, 0.1) is 18.6 Å². The molecule has 1 aliphatic rings. The zero-order valence-electron chi connectivity index (χ0n) is 16.3. The van der Waals surface area contributed by atoms with Gasteiger partial charge in [-0.25, -0.2) is 8.78 Å². The molecule has 2 aromatic carbocycles. The van der Waals surface area contributed by atoms with Crippen molar-refractivity contribution in [3.8, 4) is 5.75 Å². The van der Waals surface area contributed by atoms with Gasteiger partial charge in [-0.1, -0.05) is 18.2 Å². The van der Waals surface area contributed by atoms with Crippen molar-refractivity contribution in [2.45, 2.75) is 38.8 Å². The largest absolute Gasteiger partial charge is 0.496 e. The third-order valence-electron chi connectivity index (χ3n) is 5.18. The van der Waals surface area contributed by atoms with Crippen molar-refractivity contribution in [3.63, 3.8) is 0 Å². The molecule has 0 aliphatic carbocycles. The number of aryl methyl sites for hydroxylation is 1. The molecule has 1 aliphatic heterocycles. The molecule has 3 rings (SSSR count). The van der Waals surface area contributed by atoms with Gasteiger partial charge in [0.05, 0.1) is 13.5 Å². The van der Waals surface area contributed by atoms with Gasteiger partial charge in [-0.2, -0.15) is 0 Å². The van der Waals surface area contributed by atoms with E-state index in [4.69, 9.17) is 4.74 Å². The van der Waals surface area contributed by atoms with E-state index in [1.165, 1.54) is 6.07 Å². The van der Waals surface area contributed by atoms with Gasteiger partial charge in [-0.3, -0.25) is 9.69 Å². The SMILES string of the molecule is COc1cc(CC(=O)NC2CCN(Cc3ccc(F)c(F)c3)CC2)ccc1C. The van der Waals surface area contributed by atoms with Crippen molar-refractivity contribution in [3.05, 3.63) is 64.7 Å². The van der Waals surface area contributed by atoms with Crippen LogP contribution in [0.5, 0.6) is 5.75 Å². The van der Waals surface area contributed by atoms with E-state index < -0.39 is 11.6 Å². The van der Waals surface area contributed by atoms with Gasteiger partial charge in [-0.15, -0.1) is 0 Å². The zero-order chi connectivity index (χ0) is 20.1. The van der Waals surface area contributed by atoms with E-state index in [9.17, 15) is 13.6 Å². The normalized spacial score (nSPS) is 15.4. The molecular formula is C22H26F2N2O2. The average molecular weight is 388 g/mol. The fourth-order valence-electron chi connectivity index (χ4n) is 3.57. The molecule has 6 heteroatoms. The highest BCUT2D eigenvalue weighted by Crippen LogP contribution is 2.20. The molecule has 0 radical (unpaired) electrons. The molecule has 4 nitrogen and oxygen atoms in total. The molecule has 1 N–H and O–H groups in total. The first-order chi connectivity index (χ1) is 13.4. The Kier molecular flexibility index (Phi) is 6.62. The van der Waals surface area contributed by atoms with Crippen LogP contribution < -0.4 is 10.1 Å². The number of hydrogen-bond acceptors (Lipinski definition) is 3. The van der Waals surface area contributed by atoms with E-state index in [1.807, 2.05) is 25.1 Å². The number of carbonyl (C=O) groups is 1. The van der Waals surface area contributed by atoms with Gasteiger partial charge in [0.15, 0.2) is 11.6 Å². The summed E-state index contributed by atoms with van der Waals surface area (Å²) in [5.41, 5.74) is 2.73. The minimum Gasteiger partial charge on any atom is -0.496 e. The molecule has 28 heavy (non-hydrogen) atoms. The Morgan fingerprint density at radius 1 is 1.11 bits per heavy atom. The second kappa shape index (κ2) is 9.15. The lowest BCUT2D eigenvalue weighted by atomic mass is 10.0. The van der Waals surface area contributed by atoms with Crippen LogP contribution >= 0.6 is 0 Å². The van der Waals surface area contributed by atoms with Gasteiger partial charge in [-0.05, 0) is 54.7 Å². The number of hydrogen-bond donors (Lipinski definition) is 1. The van der Waals surface area contributed by atoms with Crippen LogP contribution in [0.15, 0.2) is 36.4 Å². The molecule has 0 atom stereocenters. The third-order valence-corrected chi connectivity index (χ3v) is 5.18. The molecule has 0 bridgehead atoms. The lowest BCUT2D eigenvalue weighted by Crippen LogP contribution is -2.44. The summed E-state index contributed by atoms with van der Waals surface area (Å²) in [5, 5.41) is 3.10. The summed E-state index contributed by atoms with van der Waals surface area (Å²) < 4.78 is 31.7. The Morgan fingerprint density at radius 2 is 1.82 bits per heavy atom. The van der Waals surface area contributed by atoms with Gasteiger partial charge >= 0.3 is 0 Å². The summed E-state index contributed by atoms with van der Waals surface area (Å²) >= 11 is 0. The Labute approximate surface area is 164 Å².